The molecular formula is C21H24ClN3. The van der Waals surface area contributed by atoms with E-state index in [2.05, 4.69) is 41.8 Å². The van der Waals surface area contributed by atoms with Crippen LogP contribution in [0.4, 0.5) is 0 Å². The van der Waals surface area contributed by atoms with E-state index in [-0.39, 0.29) is 0 Å². The highest BCUT2D eigenvalue weighted by Gasteiger charge is 2.22. The van der Waals surface area contributed by atoms with Crippen LogP contribution in [0.15, 0.2) is 48.9 Å². The van der Waals surface area contributed by atoms with Crippen LogP contribution in [-0.4, -0.2) is 23.1 Å². The Bertz CT molecular complexity index is 790. The smallest absolute Gasteiger partial charge is 0.116 e. The minimum atomic E-state index is 0.551. The minimum absolute atomic E-state index is 0.551. The average Bonchev–Trinajstić information content (AvgIpc) is 2.63. The third-order valence-electron chi connectivity index (χ3n) is 5.00. The standard InChI is InChI=1S/C21H24ClN3/c1-14-12-18(22)4-5-19(14)16(3)21(20-8-11-24-13-25-20)15(2)17-6-9-23-10-7-17/h4-5,8,11-13,17,23H,3,6-7,9-10H2,1-2H3/b21-15-. The first-order valence-corrected chi connectivity index (χ1v) is 9.09. The molecule has 1 saturated heterocycles. The molecule has 0 atom stereocenters. The lowest BCUT2D eigenvalue weighted by Crippen LogP contribution is -2.28. The molecule has 3 rings (SSSR count). The normalized spacial score (nSPS) is 16.4. The number of halogens is 1. The molecular weight excluding hydrogens is 330 g/mol. The van der Waals surface area contributed by atoms with E-state index in [0.717, 1.165) is 58.9 Å². The molecule has 0 saturated carbocycles. The quantitative estimate of drug-likeness (QED) is 0.792. The molecule has 2 aromatic rings. The average molecular weight is 354 g/mol. The first kappa shape index (κ1) is 17.8. The third kappa shape index (κ3) is 4.00. The van der Waals surface area contributed by atoms with Crippen molar-refractivity contribution in [1.29, 1.82) is 0 Å². The summed E-state index contributed by atoms with van der Waals surface area (Å²) in [6.07, 6.45) is 5.69. The maximum absolute atomic E-state index is 6.13. The van der Waals surface area contributed by atoms with Gasteiger partial charge in [-0.25, -0.2) is 9.97 Å². The maximum atomic E-state index is 6.13. The fraction of sp³-hybridized carbons (Fsp3) is 0.333. The first-order chi connectivity index (χ1) is 12.1. The van der Waals surface area contributed by atoms with Crippen molar-refractivity contribution in [1.82, 2.24) is 15.3 Å². The van der Waals surface area contributed by atoms with Gasteiger partial charge in [-0.05, 0) is 80.6 Å². The van der Waals surface area contributed by atoms with Gasteiger partial charge in [0.2, 0.25) is 0 Å². The second kappa shape index (κ2) is 7.94. The predicted molar refractivity (Wildman–Crippen MR) is 105 cm³/mol. The number of nitrogens with zero attached hydrogens (tertiary/aromatic N) is 2. The fourth-order valence-corrected chi connectivity index (χ4v) is 3.82. The molecule has 1 aliphatic heterocycles. The molecule has 1 fully saturated rings. The number of rotatable bonds is 4. The molecule has 1 aliphatic rings. The third-order valence-corrected chi connectivity index (χ3v) is 5.23. The molecule has 130 valence electrons. The Morgan fingerprint density at radius 3 is 2.64 bits per heavy atom. The topological polar surface area (TPSA) is 37.8 Å². The van der Waals surface area contributed by atoms with Gasteiger partial charge < -0.3 is 5.32 Å². The Balaban J connectivity index is 2.09. The molecule has 1 aromatic carbocycles. The fourth-order valence-electron chi connectivity index (χ4n) is 3.59. The summed E-state index contributed by atoms with van der Waals surface area (Å²) in [5.74, 6) is 0.551. The molecule has 0 bridgehead atoms. The summed E-state index contributed by atoms with van der Waals surface area (Å²) in [7, 11) is 0. The van der Waals surface area contributed by atoms with Crippen molar-refractivity contribution < 1.29 is 0 Å². The van der Waals surface area contributed by atoms with Crippen molar-refractivity contribution >= 4 is 22.7 Å². The van der Waals surface area contributed by atoms with Crippen molar-refractivity contribution in [3.63, 3.8) is 0 Å². The molecule has 0 aliphatic carbocycles. The van der Waals surface area contributed by atoms with Gasteiger partial charge in [0.15, 0.2) is 0 Å². The number of hydrogen-bond donors (Lipinski definition) is 1. The number of hydrogen-bond acceptors (Lipinski definition) is 3. The lowest BCUT2D eigenvalue weighted by molar-refractivity contribution is 0.421. The van der Waals surface area contributed by atoms with Gasteiger partial charge in [0.05, 0.1) is 5.69 Å². The monoisotopic (exact) mass is 353 g/mol. The molecule has 3 nitrogen and oxygen atoms in total. The summed E-state index contributed by atoms with van der Waals surface area (Å²) in [5.41, 5.74) is 6.68. The summed E-state index contributed by atoms with van der Waals surface area (Å²) in [6.45, 7) is 10.9. The summed E-state index contributed by atoms with van der Waals surface area (Å²) >= 11 is 6.13. The van der Waals surface area contributed by atoms with Crippen LogP contribution in [-0.2, 0) is 0 Å². The van der Waals surface area contributed by atoms with Gasteiger partial charge >= 0.3 is 0 Å². The van der Waals surface area contributed by atoms with Gasteiger partial charge in [0.25, 0.3) is 0 Å². The van der Waals surface area contributed by atoms with Gasteiger partial charge in [-0.3, -0.25) is 0 Å². The Morgan fingerprint density at radius 1 is 1.24 bits per heavy atom. The van der Waals surface area contributed by atoms with E-state index in [0.29, 0.717) is 5.92 Å². The van der Waals surface area contributed by atoms with Crippen LogP contribution < -0.4 is 5.32 Å². The van der Waals surface area contributed by atoms with Crippen LogP contribution in [0.25, 0.3) is 11.1 Å². The van der Waals surface area contributed by atoms with Crippen LogP contribution in [0.2, 0.25) is 5.02 Å². The molecule has 0 radical (unpaired) electrons. The molecule has 4 heteroatoms. The van der Waals surface area contributed by atoms with Gasteiger partial charge in [-0.2, -0.15) is 0 Å². The second-order valence-corrected chi connectivity index (χ2v) is 7.05. The van der Waals surface area contributed by atoms with Crippen molar-refractivity contribution in [2.24, 2.45) is 5.92 Å². The molecule has 25 heavy (non-hydrogen) atoms. The number of piperidine rings is 1. The molecule has 1 N–H and O–H groups in total. The van der Waals surface area contributed by atoms with Gasteiger partial charge in [-0.1, -0.05) is 29.8 Å². The van der Waals surface area contributed by atoms with E-state index in [1.54, 1.807) is 12.5 Å². The van der Waals surface area contributed by atoms with E-state index >= 15 is 0 Å². The zero-order valence-corrected chi connectivity index (χ0v) is 15.6. The van der Waals surface area contributed by atoms with E-state index in [4.69, 9.17) is 11.6 Å². The highest BCUT2D eigenvalue weighted by Crippen LogP contribution is 2.37. The van der Waals surface area contributed by atoms with Crippen molar-refractivity contribution in [2.75, 3.05) is 13.1 Å². The molecule has 1 aromatic heterocycles. The highest BCUT2D eigenvalue weighted by molar-refractivity contribution is 6.30. The summed E-state index contributed by atoms with van der Waals surface area (Å²) < 4.78 is 0. The van der Waals surface area contributed by atoms with E-state index in [1.807, 2.05) is 18.2 Å². The molecule has 0 spiro atoms. The van der Waals surface area contributed by atoms with Crippen LogP contribution in [0.5, 0.6) is 0 Å². The minimum Gasteiger partial charge on any atom is -0.317 e. The summed E-state index contributed by atoms with van der Waals surface area (Å²) in [6, 6.07) is 7.93. The van der Waals surface area contributed by atoms with Crippen molar-refractivity contribution in [3.8, 4) is 0 Å². The van der Waals surface area contributed by atoms with Gasteiger partial charge in [0, 0.05) is 16.8 Å². The highest BCUT2D eigenvalue weighted by atomic mass is 35.5. The summed E-state index contributed by atoms with van der Waals surface area (Å²) in [5, 5.41) is 4.19. The van der Waals surface area contributed by atoms with Crippen molar-refractivity contribution in [2.45, 2.75) is 26.7 Å². The maximum Gasteiger partial charge on any atom is 0.116 e. The summed E-state index contributed by atoms with van der Waals surface area (Å²) in [4.78, 5) is 8.59. The van der Waals surface area contributed by atoms with Crippen LogP contribution in [0, 0.1) is 12.8 Å². The largest absolute Gasteiger partial charge is 0.317 e. The Morgan fingerprint density at radius 2 is 2.00 bits per heavy atom. The molecule has 2 heterocycles. The SMILES string of the molecule is C=C(/C(=C(\C)C1CCNCC1)c1ccncn1)c1ccc(Cl)cc1C. The Labute approximate surface area is 154 Å². The number of nitrogens with one attached hydrogen (secondary N) is 1. The van der Waals surface area contributed by atoms with Crippen molar-refractivity contribution in [3.05, 3.63) is 70.8 Å². The van der Waals surface area contributed by atoms with Crippen LogP contribution >= 0.6 is 11.6 Å². The van der Waals surface area contributed by atoms with Crippen LogP contribution in [0.1, 0.15) is 36.6 Å². The number of aromatic nitrogens is 2. The molecule has 0 unspecified atom stereocenters. The van der Waals surface area contributed by atoms with Crippen LogP contribution in [0.3, 0.4) is 0 Å². The Hall–Kier alpha value is -1.97. The van der Waals surface area contributed by atoms with Gasteiger partial charge in [0.1, 0.15) is 6.33 Å². The Kier molecular flexibility index (Phi) is 5.67. The predicted octanol–water partition coefficient (Wildman–Crippen LogP) is 4.92. The lowest BCUT2D eigenvalue weighted by atomic mass is 9.82. The second-order valence-electron chi connectivity index (χ2n) is 6.61. The van der Waals surface area contributed by atoms with E-state index < -0.39 is 0 Å². The number of allylic oxidation sites excluding steroid dienone is 3. The van der Waals surface area contributed by atoms with E-state index in [9.17, 15) is 0 Å². The molecule has 0 amide bonds. The lowest BCUT2D eigenvalue weighted by Gasteiger charge is -2.27. The van der Waals surface area contributed by atoms with Gasteiger partial charge in [-0.15, -0.1) is 0 Å². The first-order valence-electron chi connectivity index (χ1n) is 8.71. The zero-order valence-electron chi connectivity index (χ0n) is 14.8. The van der Waals surface area contributed by atoms with E-state index in [1.165, 1.54) is 5.57 Å². The zero-order chi connectivity index (χ0) is 17.8. The number of aryl methyl sites for hydroxylation is 1. The number of benzene rings is 1.